The molecule has 0 aromatic carbocycles. The lowest BCUT2D eigenvalue weighted by atomic mass is 10.0. The van der Waals surface area contributed by atoms with Crippen molar-refractivity contribution in [2.24, 2.45) is 0 Å². The summed E-state index contributed by atoms with van der Waals surface area (Å²) in [4.78, 5) is 12.5. The van der Waals surface area contributed by atoms with E-state index in [0.717, 1.165) is 25.7 Å². The first-order valence-corrected chi connectivity index (χ1v) is 28.9. The third-order valence-corrected chi connectivity index (χ3v) is 13.8. The molecule has 2 atom stereocenters. The van der Waals surface area contributed by atoms with Gasteiger partial charge in [0.15, 0.2) is 0 Å². The van der Waals surface area contributed by atoms with Crippen LogP contribution in [0.2, 0.25) is 0 Å². The van der Waals surface area contributed by atoms with Gasteiger partial charge in [0.1, 0.15) is 0 Å². The Hall–Kier alpha value is -0.870. The zero-order valence-corrected chi connectivity index (χ0v) is 42.7. The molecule has 0 aliphatic heterocycles. The fourth-order valence-electron chi connectivity index (χ4n) is 9.36. The minimum atomic E-state index is -0.835. The Labute approximate surface area is 390 Å². The second kappa shape index (κ2) is 54.5. The summed E-state index contributed by atoms with van der Waals surface area (Å²) in [5.74, 6) is -0.0555. The maximum Gasteiger partial charge on any atom is 0.220 e. The minimum absolute atomic E-state index is 0.0555. The van der Waals surface area contributed by atoms with E-state index in [2.05, 4.69) is 19.2 Å². The van der Waals surface area contributed by atoms with Crippen molar-refractivity contribution in [1.82, 2.24) is 5.32 Å². The van der Waals surface area contributed by atoms with E-state index in [0.29, 0.717) is 6.42 Å². The molecule has 0 spiro atoms. The van der Waals surface area contributed by atoms with Gasteiger partial charge in [0, 0.05) is 6.42 Å². The molecule has 1 amide bonds. The monoisotopic (exact) mass is 874 g/mol. The summed E-state index contributed by atoms with van der Waals surface area (Å²) >= 11 is 0. The van der Waals surface area contributed by atoms with Gasteiger partial charge in [-0.2, -0.15) is 0 Å². The van der Waals surface area contributed by atoms with Crippen molar-refractivity contribution in [2.45, 2.75) is 347 Å². The molecule has 0 aliphatic carbocycles. The topological polar surface area (TPSA) is 69.6 Å². The number of nitrogens with one attached hydrogen (secondary N) is 1. The lowest BCUT2D eigenvalue weighted by Gasteiger charge is -2.20. The van der Waals surface area contributed by atoms with Crippen LogP contribution in [0.5, 0.6) is 0 Å². The van der Waals surface area contributed by atoms with Crippen molar-refractivity contribution in [1.29, 1.82) is 0 Å². The van der Waals surface area contributed by atoms with E-state index in [1.54, 1.807) is 6.08 Å². The maximum atomic E-state index is 12.5. The van der Waals surface area contributed by atoms with Crippen LogP contribution < -0.4 is 5.32 Å². The second-order valence-corrected chi connectivity index (χ2v) is 20.1. The number of rotatable bonds is 54. The van der Waals surface area contributed by atoms with Crippen molar-refractivity contribution in [2.75, 3.05) is 6.61 Å². The first-order chi connectivity index (χ1) is 30.7. The van der Waals surface area contributed by atoms with Crippen LogP contribution >= 0.6 is 0 Å². The average Bonchev–Trinajstić information content (AvgIpc) is 3.28. The number of hydrogen-bond acceptors (Lipinski definition) is 3. The SMILES string of the molecule is CCCCCCCCCCCCCCCCCCC/C=C/C(O)C(CO)NC(=O)CCCCCCCCCCCCCCCCCCCCCCCCCCCCCCCCC. The fraction of sp³-hybridized carbons (Fsp3) is 0.948. The summed E-state index contributed by atoms with van der Waals surface area (Å²) in [6.45, 7) is 4.35. The molecule has 0 aromatic rings. The number of amides is 1. The Balaban J connectivity index is 3.41. The van der Waals surface area contributed by atoms with E-state index in [1.165, 1.54) is 289 Å². The van der Waals surface area contributed by atoms with Crippen molar-refractivity contribution >= 4 is 5.91 Å². The normalized spacial score (nSPS) is 12.8. The third kappa shape index (κ3) is 50.1. The summed E-state index contributed by atoms with van der Waals surface area (Å²) < 4.78 is 0. The molecule has 62 heavy (non-hydrogen) atoms. The van der Waals surface area contributed by atoms with E-state index >= 15 is 0 Å². The van der Waals surface area contributed by atoms with Crippen LogP contribution in [0.4, 0.5) is 0 Å². The van der Waals surface area contributed by atoms with Gasteiger partial charge < -0.3 is 15.5 Å². The van der Waals surface area contributed by atoms with Crippen molar-refractivity contribution < 1.29 is 15.0 Å². The van der Waals surface area contributed by atoms with Gasteiger partial charge in [0.25, 0.3) is 0 Å². The molecule has 0 aliphatic rings. The summed E-state index contributed by atoms with van der Waals surface area (Å²) in [5, 5.41) is 23.2. The Morgan fingerprint density at radius 2 is 0.597 bits per heavy atom. The second-order valence-electron chi connectivity index (χ2n) is 20.1. The highest BCUT2D eigenvalue weighted by molar-refractivity contribution is 5.76. The van der Waals surface area contributed by atoms with E-state index in [1.807, 2.05) is 6.08 Å². The molecule has 3 N–H and O–H groups in total. The van der Waals surface area contributed by atoms with Crippen LogP contribution in [-0.2, 0) is 4.79 Å². The van der Waals surface area contributed by atoms with Gasteiger partial charge in [-0.15, -0.1) is 0 Å². The van der Waals surface area contributed by atoms with Gasteiger partial charge in [0.05, 0.1) is 18.8 Å². The van der Waals surface area contributed by atoms with Gasteiger partial charge >= 0.3 is 0 Å². The predicted octanol–water partition coefficient (Wildman–Crippen LogP) is 18.9. The van der Waals surface area contributed by atoms with Crippen LogP contribution in [0.25, 0.3) is 0 Å². The Morgan fingerprint density at radius 1 is 0.371 bits per heavy atom. The summed E-state index contributed by atoms with van der Waals surface area (Å²) in [6.07, 6.45) is 71.0. The minimum Gasteiger partial charge on any atom is -0.394 e. The standard InChI is InChI=1S/C58H115NO3/c1-3-5-7-9-11-13-15-17-19-21-23-24-25-26-27-28-29-30-31-32-33-34-36-38-40-42-44-46-48-50-52-54-58(62)59-56(55-60)57(61)53-51-49-47-45-43-41-39-37-35-22-20-18-16-14-12-10-8-6-4-2/h51,53,56-57,60-61H,3-50,52,54-55H2,1-2H3,(H,59,62)/b53-51+. The molecule has 0 aromatic heterocycles. The smallest absolute Gasteiger partial charge is 0.220 e. The zero-order chi connectivity index (χ0) is 44.9. The number of allylic oxidation sites excluding steroid dienone is 1. The molecular weight excluding hydrogens is 759 g/mol. The largest absolute Gasteiger partial charge is 0.394 e. The van der Waals surface area contributed by atoms with E-state index < -0.39 is 12.1 Å². The number of hydrogen-bond donors (Lipinski definition) is 3. The van der Waals surface area contributed by atoms with Crippen LogP contribution in [0, 0.1) is 0 Å². The van der Waals surface area contributed by atoms with Gasteiger partial charge in [-0.3, -0.25) is 4.79 Å². The van der Waals surface area contributed by atoms with E-state index in [4.69, 9.17) is 0 Å². The first kappa shape index (κ1) is 61.1. The highest BCUT2D eigenvalue weighted by Crippen LogP contribution is 2.18. The number of carbonyl (C=O) groups is 1. The van der Waals surface area contributed by atoms with Gasteiger partial charge in [-0.25, -0.2) is 0 Å². The predicted molar refractivity (Wildman–Crippen MR) is 276 cm³/mol. The number of aliphatic hydroxyl groups is 2. The zero-order valence-electron chi connectivity index (χ0n) is 42.7. The molecule has 0 saturated heterocycles. The molecule has 0 bridgehead atoms. The first-order valence-electron chi connectivity index (χ1n) is 28.9. The highest BCUT2D eigenvalue weighted by atomic mass is 16.3. The van der Waals surface area contributed by atoms with Gasteiger partial charge in [-0.05, 0) is 19.3 Å². The Bertz CT molecular complexity index is 860. The van der Waals surface area contributed by atoms with E-state index in [9.17, 15) is 15.0 Å². The number of unbranched alkanes of at least 4 members (excludes halogenated alkanes) is 47. The third-order valence-electron chi connectivity index (χ3n) is 13.8. The summed E-state index contributed by atoms with van der Waals surface area (Å²) in [7, 11) is 0. The maximum absolute atomic E-state index is 12.5. The molecule has 0 rings (SSSR count). The lowest BCUT2D eigenvalue weighted by molar-refractivity contribution is -0.123. The number of aliphatic hydroxyl groups excluding tert-OH is 2. The summed E-state index contributed by atoms with van der Waals surface area (Å²) in [5.41, 5.74) is 0. The quantitative estimate of drug-likeness (QED) is 0.0421. The van der Waals surface area contributed by atoms with Crippen molar-refractivity contribution in [3.05, 3.63) is 12.2 Å². The lowest BCUT2D eigenvalue weighted by Crippen LogP contribution is -2.45. The van der Waals surface area contributed by atoms with Crippen LogP contribution in [0.3, 0.4) is 0 Å². The van der Waals surface area contributed by atoms with Crippen LogP contribution in [-0.4, -0.2) is 34.9 Å². The van der Waals surface area contributed by atoms with Crippen molar-refractivity contribution in [3.63, 3.8) is 0 Å². The van der Waals surface area contributed by atoms with Gasteiger partial charge in [-0.1, -0.05) is 321 Å². The fourth-order valence-corrected chi connectivity index (χ4v) is 9.36. The highest BCUT2D eigenvalue weighted by Gasteiger charge is 2.18. The summed E-state index contributed by atoms with van der Waals surface area (Å²) in [6, 6.07) is -0.618. The van der Waals surface area contributed by atoms with Crippen molar-refractivity contribution in [3.8, 4) is 0 Å². The van der Waals surface area contributed by atoms with E-state index in [-0.39, 0.29) is 12.5 Å². The molecule has 4 nitrogen and oxygen atoms in total. The van der Waals surface area contributed by atoms with Crippen LogP contribution in [0.15, 0.2) is 12.2 Å². The molecule has 0 fully saturated rings. The molecular formula is C58H115NO3. The molecule has 370 valence electrons. The van der Waals surface area contributed by atoms with Crippen LogP contribution in [0.1, 0.15) is 335 Å². The van der Waals surface area contributed by atoms with Gasteiger partial charge in [0.2, 0.25) is 5.91 Å². The molecule has 0 saturated carbocycles. The molecule has 0 radical (unpaired) electrons. The average molecular weight is 875 g/mol. The molecule has 4 heteroatoms. The molecule has 0 heterocycles. The molecule has 2 unspecified atom stereocenters. The Kier molecular flexibility index (Phi) is 53.7. The number of carbonyl (C=O) groups excluding carboxylic acids is 1. The Morgan fingerprint density at radius 3 is 0.839 bits per heavy atom.